The van der Waals surface area contributed by atoms with Crippen LogP contribution in [0.2, 0.25) is 0 Å². The van der Waals surface area contributed by atoms with Crippen LogP contribution in [-0.4, -0.2) is 56.0 Å². The second kappa shape index (κ2) is 7.70. The highest BCUT2D eigenvalue weighted by molar-refractivity contribution is 5.38. The molecule has 7 heteroatoms. The Labute approximate surface area is 155 Å². The van der Waals surface area contributed by atoms with Crippen molar-refractivity contribution in [3.63, 3.8) is 0 Å². The highest BCUT2D eigenvalue weighted by Crippen LogP contribution is 2.29. The summed E-state index contributed by atoms with van der Waals surface area (Å²) in [5, 5.41) is 17.7. The molecule has 0 saturated carbocycles. The van der Waals surface area contributed by atoms with Crippen LogP contribution in [0.25, 0.3) is 0 Å². The molecule has 2 aromatic heterocycles. The summed E-state index contributed by atoms with van der Waals surface area (Å²) < 4.78 is 2.35. The summed E-state index contributed by atoms with van der Waals surface area (Å²) >= 11 is 0. The summed E-state index contributed by atoms with van der Waals surface area (Å²) in [4.78, 5) is 4.83. The van der Waals surface area contributed by atoms with Gasteiger partial charge in [0.1, 0.15) is 11.6 Å². The van der Waals surface area contributed by atoms with E-state index < -0.39 is 0 Å². The summed E-state index contributed by atoms with van der Waals surface area (Å²) in [6.07, 6.45) is 4.82. The second-order valence-corrected chi connectivity index (χ2v) is 7.50. The quantitative estimate of drug-likeness (QED) is 0.820. The third-order valence-electron chi connectivity index (χ3n) is 5.70. The number of aromatic nitrogens is 5. The zero-order chi connectivity index (χ0) is 17.9. The fraction of sp³-hybridized carbons (Fsp3) is 0.684. The molecule has 0 N–H and O–H groups in total. The number of piperidine rings is 1. The van der Waals surface area contributed by atoms with Crippen LogP contribution >= 0.6 is 0 Å². The Bertz CT molecular complexity index is 710. The Morgan fingerprint density at radius 2 is 1.73 bits per heavy atom. The van der Waals surface area contributed by atoms with Crippen molar-refractivity contribution in [1.29, 1.82) is 0 Å². The standard InChI is InChI=1S/C19H29N7/c1-3-26-18(14-24-10-4-5-11-24)22-23-19(26)16-8-12-25(13-9-16)17-7-6-15(2)20-21-17/h6-7,16H,3-5,8-14H2,1-2H3. The maximum atomic E-state index is 4.60. The van der Waals surface area contributed by atoms with Crippen LogP contribution in [0, 0.1) is 6.92 Å². The van der Waals surface area contributed by atoms with Gasteiger partial charge in [-0.05, 0) is 64.8 Å². The van der Waals surface area contributed by atoms with E-state index in [1.165, 1.54) is 31.8 Å². The molecule has 0 aromatic carbocycles. The molecule has 4 rings (SSSR count). The number of aryl methyl sites for hydroxylation is 1. The molecule has 0 radical (unpaired) electrons. The normalized spacial score (nSPS) is 19.4. The smallest absolute Gasteiger partial charge is 0.151 e. The maximum Gasteiger partial charge on any atom is 0.151 e. The summed E-state index contributed by atoms with van der Waals surface area (Å²) in [5.74, 6) is 3.79. The summed E-state index contributed by atoms with van der Waals surface area (Å²) in [6.45, 7) is 10.5. The van der Waals surface area contributed by atoms with E-state index in [0.29, 0.717) is 5.92 Å². The van der Waals surface area contributed by atoms with Gasteiger partial charge in [-0.2, -0.15) is 5.10 Å². The zero-order valence-electron chi connectivity index (χ0n) is 15.9. The molecule has 0 amide bonds. The average Bonchev–Trinajstić information content (AvgIpc) is 3.32. The molecule has 0 bridgehead atoms. The van der Waals surface area contributed by atoms with Crippen LogP contribution < -0.4 is 4.90 Å². The molecule has 2 aliphatic heterocycles. The lowest BCUT2D eigenvalue weighted by molar-refractivity contribution is 0.315. The first-order valence-corrected chi connectivity index (χ1v) is 9.94. The SMILES string of the molecule is CCn1c(CN2CCCC2)nnc1C1CCN(c2ccc(C)nn2)CC1. The molecule has 2 fully saturated rings. The van der Waals surface area contributed by atoms with E-state index in [2.05, 4.69) is 47.8 Å². The van der Waals surface area contributed by atoms with Gasteiger partial charge in [-0.15, -0.1) is 15.3 Å². The number of likely N-dealkylation sites (tertiary alicyclic amines) is 1. The van der Waals surface area contributed by atoms with Gasteiger partial charge in [-0.1, -0.05) is 0 Å². The van der Waals surface area contributed by atoms with Crippen molar-refractivity contribution >= 4 is 5.82 Å². The van der Waals surface area contributed by atoms with Crippen molar-refractivity contribution < 1.29 is 0 Å². The minimum atomic E-state index is 0.490. The lowest BCUT2D eigenvalue weighted by Crippen LogP contribution is -2.34. The van der Waals surface area contributed by atoms with E-state index in [1.807, 2.05) is 13.0 Å². The average molecular weight is 355 g/mol. The minimum absolute atomic E-state index is 0.490. The monoisotopic (exact) mass is 355 g/mol. The Balaban J connectivity index is 1.42. The first-order valence-electron chi connectivity index (χ1n) is 9.94. The van der Waals surface area contributed by atoms with Gasteiger partial charge in [0.25, 0.3) is 0 Å². The topological polar surface area (TPSA) is 63.0 Å². The number of rotatable bonds is 5. The van der Waals surface area contributed by atoms with Gasteiger partial charge in [-0.25, -0.2) is 0 Å². The molecule has 0 aliphatic carbocycles. The summed E-state index contributed by atoms with van der Waals surface area (Å²) in [7, 11) is 0. The van der Waals surface area contributed by atoms with Crippen molar-refractivity contribution in [3.05, 3.63) is 29.5 Å². The molecule has 2 saturated heterocycles. The fourth-order valence-corrected chi connectivity index (χ4v) is 4.18. The second-order valence-electron chi connectivity index (χ2n) is 7.50. The largest absolute Gasteiger partial charge is 0.355 e. The Hall–Kier alpha value is -2.02. The minimum Gasteiger partial charge on any atom is -0.355 e. The molecular weight excluding hydrogens is 326 g/mol. The van der Waals surface area contributed by atoms with Crippen LogP contribution in [0.3, 0.4) is 0 Å². The molecular formula is C19H29N7. The predicted octanol–water partition coefficient (Wildman–Crippen LogP) is 2.38. The summed E-state index contributed by atoms with van der Waals surface area (Å²) in [6, 6.07) is 4.11. The van der Waals surface area contributed by atoms with Gasteiger partial charge >= 0.3 is 0 Å². The fourth-order valence-electron chi connectivity index (χ4n) is 4.18. The molecule has 0 spiro atoms. The van der Waals surface area contributed by atoms with E-state index >= 15 is 0 Å². The van der Waals surface area contributed by atoms with Gasteiger partial charge in [0.15, 0.2) is 5.82 Å². The predicted molar refractivity (Wildman–Crippen MR) is 101 cm³/mol. The molecule has 26 heavy (non-hydrogen) atoms. The lowest BCUT2D eigenvalue weighted by Gasteiger charge is -2.32. The molecule has 7 nitrogen and oxygen atoms in total. The van der Waals surface area contributed by atoms with Crippen LogP contribution in [0.4, 0.5) is 5.82 Å². The number of nitrogens with zero attached hydrogens (tertiary/aromatic N) is 7. The highest BCUT2D eigenvalue weighted by atomic mass is 15.3. The van der Waals surface area contributed by atoms with E-state index in [9.17, 15) is 0 Å². The van der Waals surface area contributed by atoms with Gasteiger partial charge in [-0.3, -0.25) is 4.90 Å². The molecule has 0 unspecified atom stereocenters. The third-order valence-corrected chi connectivity index (χ3v) is 5.70. The first kappa shape index (κ1) is 17.4. The van der Waals surface area contributed by atoms with E-state index in [0.717, 1.165) is 56.4 Å². The highest BCUT2D eigenvalue weighted by Gasteiger charge is 2.27. The molecule has 0 atom stereocenters. The zero-order valence-corrected chi connectivity index (χ0v) is 15.9. The van der Waals surface area contributed by atoms with E-state index in [4.69, 9.17) is 0 Å². The Kier molecular flexibility index (Phi) is 5.15. The first-order chi connectivity index (χ1) is 12.7. The summed E-state index contributed by atoms with van der Waals surface area (Å²) in [5.41, 5.74) is 0.963. The van der Waals surface area contributed by atoms with Crippen LogP contribution in [0.15, 0.2) is 12.1 Å². The Morgan fingerprint density at radius 1 is 0.962 bits per heavy atom. The van der Waals surface area contributed by atoms with E-state index in [1.54, 1.807) is 0 Å². The van der Waals surface area contributed by atoms with Gasteiger partial charge in [0, 0.05) is 25.6 Å². The maximum absolute atomic E-state index is 4.60. The molecule has 4 heterocycles. The molecule has 2 aromatic rings. The molecule has 140 valence electrons. The van der Waals surface area contributed by atoms with Crippen molar-refractivity contribution in [3.8, 4) is 0 Å². The number of hydrogen-bond acceptors (Lipinski definition) is 6. The van der Waals surface area contributed by atoms with Crippen LogP contribution in [0.5, 0.6) is 0 Å². The van der Waals surface area contributed by atoms with Crippen molar-refractivity contribution in [2.45, 2.75) is 58.5 Å². The van der Waals surface area contributed by atoms with Crippen molar-refractivity contribution in [2.75, 3.05) is 31.1 Å². The number of anilines is 1. The van der Waals surface area contributed by atoms with Crippen LogP contribution in [-0.2, 0) is 13.1 Å². The van der Waals surface area contributed by atoms with Gasteiger partial charge < -0.3 is 9.47 Å². The van der Waals surface area contributed by atoms with Gasteiger partial charge in [0.05, 0.1) is 12.2 Å². The van der Waals surface area contributed by atoms with Crippen molar-refractivity contribution in [2.24, 2.45) is 0 Å². The number of hydrogen-bond donors (Lipinski definition) is 0. The lowest BCUT2D eigenvalue weighted by atomic mass is 9.96. The van der Waals surface area contributed by atoms with E-state index in [-0.39, 0.29) is 0 Å². The third kappa shape index (κ3) is 3.58. The van der Waals surface area contributed by atoms with Crippen molar-refractivity contribution in [1.82, 2.24) is 29.9 Å². The van der Waals surface area contributed by atoms with Gasteiger partial charge in [0.2, 0.25) is 0 Å². The molecule has 2 aliphatic rings. The Morgan fingerprint density at radius 3 is 2.38 bits per heavy atom. The van der Waals surface area contributed by atoms with Crippen LogP contribution in [0.1, 0.15) is 55.9 Å².